The number of H-pyrrole nitrogens is 1. The summed E-state index contributed by atoms with van der Waals surface area (Å²) in [7, 11) is 0. The summed E-state index contributed by atoms with van der Waals surface area (Å²) in [6, 6.07) is 5.38. The Kier molecular flexibility index (Phi) is 5.43. The van der Waals surface area contributed by atoms with E-state index >= 15 is 0 Å². The van der Waals surface area contributed by atoms with Crippen LogP contribution in [0, 0.1) is 5.41 Å². The predicted octanol–water partition coefficient (Wildman–Crippen LogP) is 4.85. The van der Waals surface area contributed by atoms with Gasteiger partial charge in [-0.25, -0.2) is 19.7 Å². The number of rotatable bonds is 5. The van der Waals surface area contributed by atoms with Crippen LogP contribution in [0.2, 0.25) is 0 Å². The molecule has 1 N–H and O–H groups in total. The maximum Gasteiger partial charge on any atom is 0.356 e. The number of hydrogen-bond acceptors (Lipinski definition) is 6. The molecule has 1 aliphatic carbocycles. The van der Waals surface area contributed by atoms with Crippen molar-refractivity contribution in [2.24, 2.45) is 5.41 Å². The molecular formula is C24H26N4O3. The molecule has 1 aliphatic rings. The smallest absolute Gasteiger partial charge is 0.356 e. The Balaban J connectivity index is 1.78. The number of esters is 1. The minimum atomic E-state index is -0.512. The molecule has 7 nitrogen and oxygen atoms in total. The summed E-state index contributed by atoms with van der Waals surface area (Å²) >= 11 is 0. The van der Waals surface area contributed by atoms with E-state index in [0.717, 1.165) is 41.8 Å². The summed E-state index contributed by atoms with van der Waals surface area (Å²) in [4.78, 5) is 41.9. The summed E-state index contributed by atoms with van der Waals surface area (Å²) in [6.07, 6.45) is 6.08. The number of pyridine rings is 1. The molecule has 0 aromatic carbocycles. The minimum Gasteiger partial charge on any atom is -0.461 e. The van der Waals surface area contributed by atoms with Crippen molar-refractivity contribution in [2.45, 2.75) is 47.0 Å². The quantitative estimate of drug-likeness (QED) is 0.470. The number of hydrogen-bond donors (Lipinski definition) is 1. The molecule has 0 atom stereocenters. The number of allylic oxidation sites excluding steroid dienone is 2. The lowest BCUT2D eigenvalue weighted by molar-refractivity contribution is 0.0519. The fraction of sp³-hybridized carbons (Fsp3) is 0.375. The fourth-order valence-corrected chi connectivity index (χ4v) is 3.84. The van der Waals surface area contributed by atoms with Crippen LogP contribution in [0.5, 0.6) is 0 Å². The van der Waals surface area contributed by atoms with E-state index in [2.05, 4.69) is 15.0 Å². The van der Waals surface area contributed by atoms with E-state index in [4.69, 9.17) is 9.72 Å². The van der Waals surface area contributed by atoms with Crippen molar-refractivity contribution >= 4 is 34.1 Å². The Labute approximate surface area is 181 Å². The Morgan fingerprint density at radius 1 is 1.10 bits per heavy atom. The highest BCUT2D eigenvalue weighted by Crippen LogP contribution is 2.39. The van der Waals surface area contributed by atoms with Crippen molar-refractivity contribution in [1.82, 2.24) is 19.9 Å². The van der Waals surface area contributed by atoms with E-state index in [1.807, 2.05) is 32.9 Å². The van der Waals surface area contributed by atoms with E-state index in [9.17, 15) is 9.59 Å². The summed E-state index contributed by atoms with van der Waals surface area (Å²) in [5, 5.41) is 0. The average Bonchev–Trinajstić information content (AvgIpc) is 3.39. The molecule has 0 aliphatic heterocycles. The molecular weight excluding hydrogens is 392 g/mol. The van der Waals surface area contributed by atoms with Crippen LogP contribution in [0.25, 0.3) is 22.3 Å². The van der Waals surface area contributed by atoms with Gasteiger partial charge in [0, 0.05) is 11.6 Å². The zero-order chi connectivity index (χ0) is 22.2. The molecule has 0 spiro atoms. The van der Waals surface area contributed by atoms with Crippen LogP contribution < -0.4 is 0 Å². The Hall–Kier alpha value is -3.35. The molecule has 160 valence electrons. The second-order valence-corrected chi connectivity index (χ2v) is 8.67. The summed E-state index contributed by atoms with van der Waals surface area (Å²) in [6.45, 7) is 7.76. The molecule has 7 heteroatoms. The lowest BCUT2D eigenvalue weighted by Crippen LogP contribution is -2.20. The van der Waals surface area contributed by atoms with E-state index in [1.165, 1.54) is 0 Å². The zero-order valence-electron chi connectivity index (χ0n) is 18.3. The van der Waals surface area contributed by atoms with Crippen molar-refractivity contribution in [3.8, 4) is 0 Å². The lowest BCUT2D eigenvalue weighted by Gasteiger charge is -2.15. The number of carbonyl (C=O) groups is 2. The molecule has 31 heavy (non-hydrogen) atoms. The number of aromatic amines is 1. The van der Waals surface area contributed by atoms with Gasteiger partial charge in [-0.3, -0.25) is 4.79 Å². The van der Waals surface area contributed by atoms with Crippen LogP contribution in [-0.2, 0) is 4.74 Å². The summed E-state index contributed by atoms with van der Waals surface area (Å²) in [5.74, 6) is -0.405. The first-order chi connectivity index (χ1) is 14.8. The number of Topliss-reactive ketones (excluding diaryl/α,β-unsaturated/α-hetero) is 1. The molecule has 0 saturated heterocycles. The van der Waals surface area contributed by atoms with Gasteiger partial charge in [0.2, 0.25) is 0 Å². The first-order valence-corrected chi connectivity index (χ1v) is 10.6. The standard InChI is InChI=1S/C24H26N4O3/c1-5-31-23(30)18-11-7-10-17(27-18)14-8-6-9-15(14)19-13-26-22-20(28-19)16(12-25-22)21(29)24(2,3)4/h7,10-13H,5-6,8-9H2,1-4H3,(H,25,26). The zero-order valence-corrected chi connectivity index (χ0v) is 18.3. The summed E-state index contributed by atoms with van der Waals surface area (Å²) in [5.41, 5.74) is 5.12. The van der Waals surface area contributed by atoms with Crippen molar-refractivity contribution in [3.05, 3.63) is 53.2 Å². The first-order valence-electron chi connectivity index (χ1n) is 10.6. The third-order valence-corrected chi connectivity index (χ3v) is 5.38. The van der Waals surface area contributed by atoms with Crippen molar-refractivity contribution in [3.63, 3.8) is 0 Å². The molecule has 0 fully saturated rings. The molecule has 3 aromatic rings. The molecule has 4 rings (SSSR count). The predicted molar refractivity (Wildman–Crippen MR) is 119 cm³/mol. The minimum absolute atomic E-state index is 0.0228. The molecule has 3 aromatic heterocycles. The van der Waals surface area contributed by atoms with Crippen LogP contribution in [0.15, 0.2) is 30.6 Å². The second kappa shape index (κ2) is 8.06. The van der Waals surface area contributed by atoms with Crippen molar-refractivity contribution < 1.29 is 14.3 Å². The third kappa shape index (κ3) is 4.00. The van der Waals surface area contributed by atoms with Gasteiger partial charge in [-0.1, -0.05) is 26.8 Å². The molecule has 0 saturated carbocycles. The molecule has 0 bridgehead atoms. The topological polar surface area (TPSA) is 97.8 Å². The highest BCUT2D eigenvalue weighted by molar-refractivity contribution is 6.08. The monoisotopic (exact) mass is 418 g/mol. The number of aromatic nitrogens is 4. The highest BCUT2D eigenvalue weighted by Gasteiger charge is 2.27. The van der Waals surface area contributed by atoms with Gasteiger partial charge in [0.05, 0.1) is 29.8 Å². The average molecular weight is 418 g/mol. The molecule has 0 amide bonds. The molecule has 3 heterocycles. The van der Waals surface area contributed by atoms with E-state index in [1.54, 1.807) is 25.4 Å². The van der Waals surface area contributed by atoms with Crippen LogP contribution in [-0.4, -0.2) is 38.3 Å². The largest absolute Gasteiger partial charge is 0.461 e. The number of nitrogens with zero attached hydrogens (tertiary/aromatic N) is 3. The Bertz CT molecular complexity index is 1200. The maximum atomic E-state index is 12.9. The fourth-order valence-electron chi connectivity index (χ4n) is 3.84. The maximum absolute atomic E-state index is 12.9. The van der Waals surface area contributed by atoms with E-state index in [0.29, 0.717) is 29.0 Å². The van der Waals surface area contributed by atoms with Gasteiger partial charge in [-0.15, -0.1) is 0 Å². The van der Waals surface area contributed by atoms with Gasteiger partial charge < -0.3 is 9.72 Å². The first kappa shape index (κ1) is 20.9. The molecule has 0 radical (unpaired) electrons. The Morgan fingerprint density at radius 3 is 2.55 bits per heavy atom. The third-order valence-electron chi connectivity index (χ3n) is 5.38. The van der Waals surface area contributed by atoms with Crippen LogP contribution in [0.3, 0.4) is 0 Å². The number of ketones is 1. The number of carbonyl (C=O) groups excluding carboxylic acids is 2. The van der Waals surface area contributed by atoms with Gasteiger partial charge in [-0.2, -0.15) is 0 Å². The van der Waals surface area contributed by atoms with Crippen molar-refractivity contribution in [1.29, 1.82) is 0 Å². The van der Waals surface area contributed by atoms with E-state index < -0.39 is 11.4 Å². The normalized spacial score (nSPS) is 14.3. The van der Waals surface area contributed by atoms with Gasteiger partial charge in [0.1, 0.15) is 11.2 Å². The van der Waals surface area contributed by atoms with Crippen LogP contribution in [0.4, 0.5) is 0 Å². The second-order valence-electron chi connectivity index (χ2n) is 8.67. The van der Waals surface area contributed by atoms with Gasteiger partial charge in [-0.05, 0) is 49.5 Å². The number of nitrogens with one attached hydrogen (secondary N) is 1. The number of ether oxygens (including phenoxy) is 1. The van der Waals surface area contributed by atoms with E-state index in [-0.39, 0.29) is 5.78 Å². The van der Waals surface area contributed by atoms with Crippen LogP contribution in [0.1, 0.15) is 79.2 Å². The summed E-state index contributed by atoms with van der Waals surface area (Å²) < 4.78 is 5.08. The lowest BCUT2D eigenvalue weighted by atomic mass is 9.87. The van der Waals surface area contributed by atoms with Gasteiger partial charge in [0.15, 0.2) is 11.4 Å². The number of fused-ring (bicyclic) bond motifs is 1. The molecule has 0 unspecified atom stereocenters. The highest BCUT2D eigenvalue weighted by atomic mass is 16.5. The van der Waals surface area contributed by atoms with Gasteiger partial charge in [0.25, 0.3) is 0 Å². The van der Waals surface area contributed by atoms with Crippen molar-refractivity contribution in [2.75, 3.05) is 6.61 Å². The Morgan fingerprint density at radius 2 is 1.84 bits per heavy atom. The van der Waals surface area contributed by atoms with Gasteiger partial charge >= 0.3 is 5.97 Å². The SMILES string of the molecule is CCOC(=O)c1cccc(C2=C(c3cnc4[nH]cc(C(=O)C(C)(C)C)c4n3)CCC2)n1. The van der Waals surface area contributed by atoms with Crippen LogP contribution >= 0.6 is 0 Å².